The van der Waals surface area contributed by atoms with Gasteiger partial charge in [0.25, 0.3) is 5.91 Å². The lowest BCUT2D eigenvalue weighted by atomic mass is 9.77. The first-order chi connectivity index (χ1) is 18.1. The lowest BCUT2D eigenvalue weighted by Crippen LogP contribution is -2.49. The molecule has 0 bridgehead atoms. The van der Waals surface area contributed by atoms with Crippen LogP contribution in [0.4, 0.5) is 13.2 Å². The maximum Gasteiger partial charge on any atom is 0.358 e. The third-order valence-corrected chi connectivity index (χ3v) is 6.35. The van der Waals surface area contributed by atoms with Crippen LogP contribution in [0.1, 0.15) is 51.2 Å². The molecule has 1 aliphatic carbocycles. The molecule has 2 aromatic carbocycles. The van der Waals surface area contributed by atoms with Gasteiger partial charge in [0.05, 0.1) is 5.54 Å². The number of ether oxygens (including phenoxy) is 1. The molecule has 0 aliphatic heterocycles. The van der Waals surface area contributed by atoms with Gasteiger partial charge < -0.3 is 20.6 Å². The topological polar surface area (TPSA) is 110 Å². The number of carboxylic acid groups (broad SMARTS) is 1. The van der Waals surface area contributed by atoms with Crippen molar-refractivity contribution < 1.29 is 32.6 Å². The Morgan fingerprint density at radius 3 is 2.34 bits per heavy atom. The Labute approximate surface area is 215 Å². The van der Waals surface area contributed by atoms with Crippen LogP contribution in [0.3, 0.4) is 0 Å². The van der Waals surface area contributed by atoms with E-state index in [0.29, 0.717) is 30.5 Å². The summed E-state index contributed by atoms with van der Waals surface area (Å²) in [5.74, 6) is -6.68. The van der Waals surface area contributed by atoms with Crippen LogP contribution < -0.4 is 20.9 Å². The molecule has 1 aliphatic rings. The van der Waals surface area contributed by atoms with Crippen molar-refractivity contribution in [1.82, 2.24) is 9.99 Å². The van der Waals surface area contributed by atoms with Gasteiger partial charge in [0.1, 0.15) is 29.6 Å². The Morgan fingerprint density at radius 1 is 1.13 bits per heavy atom. The summed E-state index contributed by atoms with van der Waals surface area (Å²) in [6.07, 6.45) is 4.72. The normalized spacial score (nSPS) is 13.8. The molecule has 3 aromatic rings. The highest BCUT2D eigenvalue weighted by atomic mass is 19.1. The zero-order chi connectivity index (χ0) is 27.4. The Hall–Kier alpha value is -4.54. The Bertz CT molecular complexity index is 1430. The fourth-order valence-electron chi connectivity index (χ4n) is 4.07. The van der Waals surface area contributed by atoms with Crippen LogP contribution in [-0.2, 0) is 13.2 Å². The summed E-state index contributed by atoms with van der Waals surface area (Å²) in [5, 5.41) is 12.2. The molecule has 0 unspecified atom stereocenters. The SMILES string of the molecule is C=CC1(Nn2cc(C(=O)NCc3c(F)cc(F)cc3F)c(=O)c(OCc3ccccc3)c2C(=O)O)CCC1. The van der Waals surface area contributed by atoms with E-state index in [2.05, 4.69) is 17.3 Å². The van der Waals surface area contributed by atoms with Crippen LogP contribution in [0.2, 0.25) is 0 Å². The number of pyridine rings is 1. The van der Waals surface area contributed by atoms with E-state index in [1.165, 1.54) is 0 Å². The number of amides is 1. The predicted octanol–water partition coefficient (Wildman–Crippen LogP) is 4.13. The van der Waals surface area contributed by atoms with E-state index in [1.807, 2.05) is 0 Å². The van der Waals surface area contributed by atoms with E-state index in [-0.39, 0.29) is 6.61 Å². The number of aromatic nitrogens is 1. The van der Waals surface area contributed by atoms with E-state index < -0.39 is 69.4 Å². The first-order valence-corrected chi connectivity index (χ1v) is 11.7. The number of nitrogens with one attached hydrogen (secondary N) is 2. The van der Waals surface area contributed by atoms with Crippen LogP contribution in [0.15, 0.2) is 66.1 Å². The van der Waals surface area contributed by atoms with Gasteiger partial charge >= 0.3 is 5.97 Å². The molecular formula is C27H24F3N3O5. The molecule has 0 atom stereocenters. The van der Waals surface area contributed by atoms with Gasteiger partial charge in [-0.25, -0.2) is 18.0 Å². The number of halogens is 3. The molecule has 11 heteroatoms. The minimum absolute atomic E-state index is 0.167. The van der Waals surface area contributed by atoms with E-state index in [0.717, 1.165) is 17.3 Å². The average Bonchev–Trinajstić information content (AvgIpc) is 2.85. The van der Waals surface area contributed by atoms with Gasteiger partial charge in [-0.3, -0.25) is 14.3 Å². The number of hydrogen-bond acceptors (Lipinski definition) is 5. The minimum atomic E-state index is -1.49. The van der Waals surface area contributed by atoms with Crippen molar-refractivity contribution in [3.8, 4) is 5.75 Å². The maximum atomic E-state index is 14.0. The summed E-state index contributed by atoms with van der Waals surface area (Å²) in [6.45, 7) is 2.93. The van der Waals surface area contributed by atoms with Gasteiger partial charge in [-0.2, -0.15) is 0 Å². The summed E-state index contributed by atoms with van der Waals surface area (Å²) >= 11 is 0. The van der Waals surface area contributed by atoms with Crippen LogP contribution in [-0.4, -0.2) is 27.2 Å². The highest BCUT2D eigenvalue weighted by molar-refractivity contribution is 5.96. The van der Waals surface area contributed by atoms with Gasteiger partial charge in [-0.05, 0) is 24.8 Å². The van der Waals surface area contributed by atoms with Gasteiger partial charge in [0.2, 0.25) is 11.2 Å². The molecule has 4 rings (SSSR count). The number of rotatable bonds is 10. The Kier molecular flexibility index (Phi) is 7.56. The Morgan fingerprint density at radius 2 is 1.79 bits per heavy atom. The molecule has 1 saturated carbocycles. The number of nitrogens with zero attached hydrogens (tertiary/aromatic N) is 1. The molecule has 3 N–H and O–H groups in total. The summed E-state index contributed by atoms with van der Waals surface area (Å²) in [7, 11) is 0. The van der Waals surface area contributed by atoms with E-state index >= 15 is 0 Å². The molecule has 1 heterocycles. The van der Waals surface area contributed by atoms with Gasteiger partial charge in [-0.15, -0.1) is 6.58 Å². The van der Waals surface area contributed by atoms with Crippen molar-refractivity contribution in [2.24, 2.45) is 0 Å². The fraction of sp³-hybridized carbons (Fsp3) is 0.222. The lowest BCUT2D eigenvalue weighted by molar-refractivity contribution is 0.0676. The second kappa shape index (κ2) is 10.8. The second-order valence-corrected chi connectivity index (χ2v) is 8.86. The van der Waals surface area contributed by atoms with Crippen molar-refractivity contribution in [2.75, 3.05) is 5.43 Å². The lowest BCUT2D eigenvalue weighted by Gasteiger charge is -2.41. The first kappa shape index (κ1) is 26.5. The van der Waals surface area contributed by atoms with Crippen molar-refractivity contribution in [3.05, 3.63) is 111 Å². The standard InChI is InChI=1S/C27H24F3N3O5/c1-2-27(9-6-10-27)32-33-14-19(25(35)31-13-18-20(29)11-17(28)12-21(18)30)23(34)24(22(33)26(36)37)38-15-16-7-4-3-5-8-16/h2-5,7-8,11-12,14,32H,1,6,9-10,13,15H2,(H,31,35)(H,36,37). The van der Waals surface area contributed by atoms with Gasteiger partial charge in [0, 0.05) is 30.4 Å². The van der Waals surface area contributed by atoms with Gasteiger partial charge in [-0.1, -0.05) is 36.4 Å². The molecular weight excluding hydrogens is 503 g/mol. The number of hydrogen-bond donors (Lipinski definition) is 3. The molecule has 1 fully saturated rings. The summed E-state index contributed by atoms with van der Waals surface area (Å²) < 4.78 is 48.0. The van der Waals surface area contributed by atoms with Crippen molar-refractivity contribution in [2.45, 2.75) is 38.0 Å². The van der Waals surface area contributed by atoms with Crippen LogP contribution in [0, 0.1) is 17.5 Å². The van der Waals surface area contributed by atoms with Crippen LogP contribution in [0.25, 0.3) is 0 Å². The first-order valence-electron chi connectivity index (χ1n) is 11.7. The Balaban J connectivity index is 1.74. The smallest absolute Gasteiger partial charge is 0.358 e. The third-order valence-electron chi connectivity index (χ3n) is 6.35. The monoisotopic (exact) mass is 527 g/mol. The zero-order valence-corrected chi connectivity index (χ0v) is 20.1. The molecule has 1 amide bonds. The van der Waals surface area contributed by atoms with E-state index in [4.69, 9.17) is 4.74 Å². The quantitative estimate of drug-likeness (QED) is 0.342. The number of benzene rings is 2. The minimum Gasteiger partial charge on any atom is -0.482 e. The van der Waals surface area contributed by atoms with E-state index in [1.54, 1.807) is 36.4 Å². The zero-order valence-electron chi connectivity index (χ0n) is 20.1. The fourth-order valence-corrected chi connectivity index (χ4v) is 4.07. The molecule has 1 aromatic heterocycles. The maximum absolute atomic E-state index is 14.0. The molecule has 0 spiro atoms. The third kappa shape index (κ3) is 5.41. The largest absolute Gasteiger partial charge is 0.482 e. The van der Waals surface area contributed by atoms with Crippen molar-refractivity contribution in [1.29, 1.82) is 0 Å². The molecule has 0 saturated heterocycles. The van der Waals surface area contributed by atoms with Gasteiger partial charge in [0.15, 0.2) is 5.69 Å². The number of carboxylic acids is 1. The van der Waals surface area contributed by atoms with Crippen LogP contribution in [0.5, 0.6) is 5.75 Å². The molecule has 8 nitrogen and oxygen atoms in total. The molecule has 38 heavy (non-hydrogen) atoms. The highest BCUT2D eigenvalue weighted by Crippen LogP contribution is 2.34. The summed E-state index contributed by atoms with van der Waals surface area (Å²) in [5.41, 5.74) is 0.258. The number of carbonyl (C=O) groups is 2. The van der Waals surface area contributed by atoms with Crippen LogP contribution >= 0.6 is 0 Å². The molecule has 0 radical (unpaired) electrons. The van der Waals surface area contributed by atoms with Crippen molar-refractivity contribution in [3.63, 3.8) is 0 Å². The summed E-state index contributed by atoms with van der Waals surface area (Å²) in [6, 6.07) is 9.59. The predicted molar refractivity (Wildman–Crippen MR) is 132 cm³/mol. The average molecular weight is 527 g/mol. The number of aromatic carboxylic acids is 1. The summed E-state index contributed by atoms with van der Waals surface area (Å²) in [4.78, 5) is 38.6. The molecule has 198 valence electrons. The second-order valence-electron chi connectivity index (χ2n) is 8.86. The van der Waals surface area contributed by atoms with E-state index in [9.17, 15) is 32.7 Å². The van der Waals surface area contributed by atoms with Crippen molar-refractivity contribution >= 4 is 11.9 Å². The number of carbonyl (C=O) groups excluding carboxylic acids is 1. The highest BCUT2D eigenvalue weighted by Gasteiger charge is 2.36.